The molecule has 0 N–H and O–H groups in total. The van der Waals surface area contributed by atoms with Crippen LogP contribution in [0, 0.1) is 0 Å². The fourth-order valence-electron chi connectivity index (χ4n) is 6.40. The Hall–Kier alpha value is -5.20. The van der Waals surface area contributed by atoms with E-state index in [1.54, 1.807) is 0 Å². The molecule has 0 aliphatic heterocycles. The van der Waals surface area contributed by atoms with E-state index in [9.17, 15) is 0 Å². The molecule has 0 radical (unpaired) electrons. The van der Waals surface area contributed by atoms with Crippen molar-refractivity contribution in [2.45, 2.75) is 0 Å². The van der Waals surface area contributed by atoms with Crippen molar-refractivity contribution in [2.75, 3.05) is 0 Å². The predicted octanol–water partition coefficient (Wildman–Crippen LogP) is 11.3. The van der Waals surface area contributed by atoms with Crippen molar-refractivity contribution in [3.05, 3.63) is 158 Å². The predicted molar refractivity (Wildman–Crippen MR) is 173 cm³/mol. The van der Waals surface area contributed by atoms with Crippen LogP contribution in [0.1, 0.15) is 0 Å². The van der Waals surface area contributed by atoms with Gasteiger partial charge in [-0.2, -0.15) is 0 Å². The summed E-state index contributed by atoms with van der Waals surface area (Å²) in [5.41, 5.74) is 7.61. The largest absolute Gasteiger partial charge is 0.0622 e. The van der Waals surface area contributed by atoms with Gasteiger partial charge in [-0.25, -0.2) is 0 Å². The first-order chi connectivity index (χ1) is 19.8. The van der Waals surface area contributed by atoms with E-state index in [0.717, 1.165) is 0 Å². The third-order valence-electron chi connectivity index (χ3n) is 8.22. The molecule has 0 spiro atoms. The van der Waals surface area contributed by atoms with Crippen LogP contribution in [0.3, 0.4) is 0 Å². The van der Waals surface area contributed by atoms with Gasteiger partial charge in [0.15, 0.2) is 0 Å². The van der Waals surface area contributed by atoms with E-state index in [0.29, 0.717) is 0 Å². The maximum absolute atomic E-state index is 2.37. The molecule has 0 amide bonds. The van der Waals surface area contributed by atoms with E-state index in [1.165, 1.54) is 76.5 Å². The summed E-state index contributed by atoms with van der Waals surface area (Å²) < 4.78 is 0. The van der Waals surface area contributed by atoms with Crippen LogP contribution in [-0.2, 0) is 0 Å². The SMILES string of the molecule is c1ccc(-c2cccc3cc(-c4c5ccccc5c(-c5ccc6ccccc6c5)c5ccccc45)ccc23)cc1. The molecule has 0 atom stereocenters. The van der Waals surface area contributed by atoms with Crippen molar-refractivity contribution in [1.82, 2.24) is 0 Å². The molecule has 40 heavy (non-hydrogen) atoms. The average molecular weight is 507 g/mol. The van der Waals surface area contributed by atoms with Crippen molar-refractivity contribution < 1.29 is 0 Å². The second kappa shape index (κ2) is 9.22. The van der Waals surface area contributed by atoms with Crippen molar-refractivity contribution in [2.24, 2.45) is 0 Å². The zero-order valence-corrected chi connectivity index (χ0v) is 22.0. The minimum atomic E-state index is 1.25. The zero-order chi connectivity index (χ0) is 26.5. The summed E-state index contributed by atoms with van der Waals surface area (Å²) >= 11 is 0. The smallest absolute Gasteiger partial charge is 0.00262 e. The molecule has 0 saturated heterocycles. The van der Waals surface area contributed by atoms with Crippen LogP contribution in [0.15, 0.2) is 158 Å². The van der Waals surface area contributed by atoms with Crippen molar-refractivity contribution >= 4 is 43.1 Å². The molecule has 0 heterocycles. The van der Waals surface area contributed by atoms with E-state index in [4.69, 9.17) is 0 Å². The first-order valence-corrected chi connectivity index (χ1v) is 13.9. The minimum absolute atomic E-state index is 1.25. The van der Waals surface area contributed by atoms with E-state index < -0.39 is 0 Å². The van der Waals surface area contributed by atoms with Gasteiger partial charge in [0.2, 0.25) is 0 Å². The summed E-state index contributed by atoms with van der Waals surface area (Å²) in [5.74, 6) is 0. The molecule has 8 rings (SSSR count). The van der Waals surface area contributed by atoms with Crippen LogP contribution in [0.25, 0.3) is 76.5 Å². The summed E-state index contributed by atoms with van der Waals surface area (Å²) in [5, 5.41) is 10.2. The first kappa shape index (κ1) is 22.8. The fourth-order valence-corrected chi connectivity index (χ4v) is 6.40. The van der Waals surface area contributed by atoms with Gasteiger partial charge in [0.05, 0.1) is 0 Å². The maximum Gasteiger partial charge on any atom is -0.00262 e. The Morgan fingerprint density at radius 3 is 1.40 bits per heavy atom. The fraction of sp³-hybridized carbons (Fsp3) is 0. The summed E-state index contributed by atoms with van der Waals surface area (Å²) in [6, 6.07) is 57.5. The van der Waals surface area contributed by atoms with Gasteiger partial charge in [-0.3, -0.25) is 0 Å². The van der Waals surface area contributed by atoms with Gasteiger partial charge in [-0.1, -0.05) is 146 Å². The van der Waals surface area contributed by atoms with E-state index in [1.807, 2.05) is 0 Å². The molecule has 0 heteroatoms. The second-order valence-corrected chi connectivity index (χ2v) is 10.5. The lowest BCUT2D eigenvalue weighted by Crippen LogP contribution is -1.91. The molecule has 8 aromatic rings. The van der Waals surface area contributed by atoms with Gasteiger partial charge >= 0.3 is 0 Å². The number of benzene rings is 8. The molecule has 0 bridgehead atoms. The maximum atomic E-state index is 2.37. The van der Waals surface area contributed by atoms with Crippen LogP contribution in [0.4, 0.5) is 0 Å². The number of hydrogen-bond acceptors (Lipinski definition) is 0. The number of fused-ring (bicyclic) bond motifs is 4. The molecular weight excluding hydrogens is 480 g/mol. The highest BCUT2D eigenvalue weighted by Gasteiger charge is 2.17. The quantitative estimate of drug-likeness (QED) is 0.209. The summed E-state index contributed by atoms with van der Waals surface area (Å²) in [6.07, 6.45) is 0. The molecule has 0 nitrogen and oxygen atoms in total. The lowest BCUT2D eigenvalue weighted by atomic mass is 9.85. The standard InChI is InChI=1S/C40H26/c1-2-12-28(13-3-1)33-20-10-15-30-26-32(23-24-34(30)33)40-37-18-8-6-16-35(37)39(36-17-7-9-19-38(36)40)31-22-21-27-11-4-5-14-29(27)25-31/h1-26H. The van der Waals surface area contributed by atoms with Gasteiger partial charge in [0, 0.05) is 0 Å². The Kier molecular flexibility index (Phi) is 5.24. The van der Waals surface area contributed by atoms with Crippen LogP contribution >= 0.6 is 0 Å². The Labute approximate surface area is 233 Å². The van der Waals surface area contributed by atoms with Crippen LogP contribution in [0.2, 0.25) is 0 Å². The third kappa shape index (κ3) is 3.61. The van der Waals surface area contributed by atoms with Gasteiger partial charge in [-0.15, -0.1) is 0 Å². The lowest BCUT2D eigenvalue weighted by molar-refractivity contribution is 1.64. The second-order valence-electron chi connectivity index (χ2n) is 10.5. The lowest BCUT2D eigenvalue weighted by Gasteiger charge is -2.18. The van der Waals surface area contributed by atoms with Crippen LogP contribution < -0.4 is 0 Å². The minimum Gasteiger partial charge on any atom is -0.0622 e. The Morgan fingerprint density at radius 2 is 0.750 bits per heavy atom. The molecule has 0 aromatic heterocycles. The Morgan fingerprint density at radius 1 is 0.250 bits per heavy atom. The van der Waals surface area contributed by atoms with Gasteiger partial charge in [0.25, 0.3) is 0 Å². The Bertz CT molecular complexity index is 2150. The molecule has 0 fully saturated rings. The number of rotatable bonds is 3. The van der Waals surface area contributed by atoms with Gasteiger partial charge in [0.1, 0.15) is 0 Å². The van der Waals surface area contributed by atoms with E-state index >= 15 is 0 Å². The van der Waals surface area contributed by atoms with E-state index in [-0.39, 0.29) is 0 Å². The van der Waals surface area contributed by atoms with Crippen molar-refractivity contribution in [3.8, 4) is 33.4 Å². The van der Waals surface area contributed by atoms with Crippen molar-refractivity contribution in [1.29, 1.82) is 0 Å². The summed E-state index contributed by atoms with van der Waals surface area (Å²) in [7, 11) is 0. The normalized spacial score (nSPS) is 11.5. The zero-order valence-electron chi connectivity index (χ0n) is 22.0. The highest BCUT2D eigenvalue weighted by atomic mass is 14.2. The van der Waals surface area contributed by atoms with Crippen LogP contribution in [0.5, 0.6) is 0 Å². The summed E-state index contributed by atoms with van der Waals surface area (Å²) in [4.78, 5) is 0. The molecule has 0 aliphatic carbocycles. The molecule has 0 aliphatic rings. The number of hydrogen-bond donors (Lipinski definition) is 0. The molecule has 8 aromatic carbocycles. The van der Waals surface area contributed by atoms with Gasteiger partial charge in [-0.05, 0) is 88.6 Å². The Balaban J connectivity index is 1.41. The molecular formula is C40H26. The topological polar surface area (TPSA) is 0 Å². The summed E-state index contributed by atoms with van der Waals surface area (Å²) in [6.45, 7) is 0. The molecule has 186 valence electrons. The highest BCUT2D eigenvalue weighted by molar-refractivity contribution is 6.22. The molecule has 0 saturated carbocycles. The van der Waals surface area contributed by atoms with E-state index in [2.05, 4.69) is 158 Å². The van der Waals surface area contributed by atoms with Crippen molar-refractivity contribution in [3.63, 3.8) is 0 Å². The van der Waals surface area contributed by atoms with Crippen LogP contribution in [-0.4, -0.2) is 0 Å². The highest BCUT2D eigenvalue weighted by Crippen LogP contribution is 2.44. The first-order valence-electron chi connectivity index (χ1n) is 13.9. The monoisotopic (exact) mass is 506 g/mol. The molecule has 0 unspecified atom stereocenters. The third-order valence-corrected chi connectivity index (χ3v) is 8.22. The van der Waals surface area contributed by atoms with Gasteiger partial charge < -0.3 is 0 Å². The average Bonchev–Trinajstić information content (AvgIpc) is 3.03.